The molecule has 3 rings (SSSR count). The summed E-state index contributed by atoms with van der Waals surface area (Å²) < 4.78 is 26.8. The Balaban J connectivity index is 2.10. The molecular formula is C14H16F2N2. The van der Waals surface area contributed by atoms with Crippen LogP contribution in [0.15, 0.2) is 18.3 Å². The molecule has 0 radical (unpaired) electrons. The zero-order valence-electron chi connectivity index (χ0n) is 10.3. The minimum absolute atomic E-state index is 0.266. The van der Waals surface area contributed by atoms with Gasteiger partial charge in [-0.05, 0) is 38.3 Å². The van der Waals surface area contributed by atoms with E-state index >= 15 is 0 Å². The fourth-order valence-corrected chi connectivity index (χ4v) is 2.82. The van der Waals surface area contributed by atoms with Gasteiger partial charge in [0.05, 0.1) is 11.2 Å². The van der Waals surface area contributed by atoms with Crippen LogP contribution in [0.2, 0.25) is 0 Å². The minimum atomic E-state index is -0.803. The first kappa shape index (κ1) is 11.5. The Bertz CT molecular complexity index is 576. The summed E-state index contributed by atoms with van der Waals surface area (Å²) in [5.74, 6) is -1.59. The molecule has 1 aromatic carbocycles. The number of hydrogen-bond donors (Lipinski definition) is 1. The lowest BCUT2D eigenvalue weighted by atomic mass is 10.0. The van der Waals surface area contributed by atoms with Crippen LogP contribution in [0.25, 0.3) is 10.9 Å². The van der Waals surface area contributed by atoms with E-state index in [2.05, 4.69) is 16.8 Å². The third kappa shape index (κ3) is 1.67. The maximum absolute atomic E-state index is 13.7. The molecule has 18 heavy (non-hydrogen) atoms. The predicted octanol–water partition coefficient (Wildman–Crippen LogP) is 3.82. The minimum Gasteiger partial charge on any atom is -0.367 e. The molecule has 1 atom stereocenters. The molecule has 0 aliphatic carbocycles. The quantitative estimate of drug-likeness (QED) is 0.815. The summed E-state index contributed by atoms with van der Waals surface area (Å²) in [6.07, 6.45) is 5.33. The maximum atomic E-state index is 13.7. The summed E-state index contributed by atoms with van der Waals surface area (Å²) in [5.41, 5.74) is 1.25. The van der Waals surface area contributed by atoms with Crippen LogP contribution in [0.3, 0.4) is 0 Å². The van der Waals surface area contributed by atoms with Gasteiger partial charge < -0.3 is 9.88 Å². The van der Waals surface area contributed by atoms with Gasteiger partial charge in [0, 0.05) is 24.2 Å². The number of anilines is 1. The smallest absolute Gasteiger partial charge is 0.182 e. The summed E-state index contributed by atoms with van der Waals surface area (Å²) in [5, 5.41) is 0.766. The molecule has 96 valence electrons. The van der Waals surface area contributed by atoms with Crippen molar-refractivity contribution in [2.24, 2.45) is 0 Å². The van der Waals surface area contributed by atoms with Crippen LogP contribution in [0.1, 0.15) is 26.2 Å². The highest BCUT2D eigenvalue weighted by Crippen LogP contribution is 2.33. The molecule has 1 fully saturated rings. The van der Waals surface area contributed by atoms with Crippen molar-refractivity contribution in [3.63, 3.8) is 0 Å². The van der Waals surface area contributed by atoms with E-state index in [9.17, 15) is 8.78 Å². The molecule has 2 nitrogen and oxygen atoms in total. The zero-order valence-corrected chi connectivity index (χ0v) is 10.3. The second kappa shape index (κ2) is 4.26. The highest BCUT2D eigenvalue weighted by Gasteiger charge is 2.22. The molecule has 2 aromatic rings. The Morgan fingerprint density at radius 3 is 2.89 bits per heavy atom. The van der Waals surface area contributed by atoms with Crippen molar-refractivity contribution in [2.75, 3.05) is 11.4 Å². The van der Waals surface area contributed by atoms with Gasteiger partial charge in [0.25, 0.3) is 0 Å². The van der Waals surface area contributed by atoms with E-state index in [0.717, 1.165) is 30.5 Å². The zero-order chi connectivity index (χ0) is 12.7. The van der Waals surface area contributed by atoms with Gasteiger partial charge in [-0.15, -0.1) is 0 Å². The normalized spacial score (nSPS) is 20.6. The van der Waals surface area contributed by atoms with E-state index in [1.54, 1.807) is 12.3 Å². The van der Waals surface area contributed by atoms with Crippen LogP contribution in [0.5, 0.6) is 0 Å². The molecule has 1 N–H and O–H groups in total. The average molecular weight is 250 g/mol. The van der Waals surface area contributed by atoms with Crippen LogP contribution < -0.4 is 4.90 Å². The van der Waals surface area contributed by atoms with Gasteiger partial charge >= 0.3 is 0 Å². The summed E-state index contributed by atoms with van der Waals surface area (Å²) in [6, 6.07) is 3.30. The first-order valence-electron chi connectivity index (χ1n) is 6.40. The standard InChI is InChI=1S/C14H16F2N2/c1-9-4-2-3-7-18(9)12-8-17-14-10(12)5-6-11(15)13(14)16/h5-6,8-9,17H,2-4,7H2,1H3/t9-/m0/s1. The number of benzene rings is 1. The van der Waals surface area contributed by atoms with Crippen molar-refractivity contribution in [2.45, 2.75) is 32.2 Å². The largest absolute Gasteiger partial charge is 0.367 e. The van der Waals surface area contributed by atoms with E-state index in [-0.39, 0.29) is 5.52 Å². The number of piperidine rings is 1. The maximum Gasteiger partial charge on any atom is 0.182 e. The topological polar surface area (TPSA) is 19.0 Å². The predicted molar refractivity (Wildman–Crippen MR) is 68.9 cm³/mol. The fourth-order valence-electron chi connectivity index (χ4n) is 2.82. The molecule has 1 aromatic heterocycles. The Kier molecular flexibility index (Phi) is 2.73. The molecule has 2 heterocycles. The summed E-state index contributed by atoms with van der Waals surface area (Å²) >= 11 is 0. The Labute approximate surface area is 105 Å². The van der Waals surface area contributed by atoms with Crippen LogP contribution >= 0.6 is 0 Å². The second-order valence-electron chi connectivity index (χ2n) is 5.00. The molecule has 1 aliphatic rings. The van der Waals surface area contributed by atoms with Gasteiger partial charge in [-0.25, -0.2) is 8.78 Å². The molecule has 1 saturated heterocycles. The van der Waals surface area contributed by atoms with E-state index in [1.165, 1.54) is 12.5 Å². The van der Waals surface area contributed by atoms with Gasteiger partial charge in [0.2, 0.25) is 0 Å². The first-order chi connectivity index (χ1) is 8.68. The number of aromatic amines is 1. The number of nitrogens with zero attached hydrogens (tertiary/aromatic N) is 1. The van der Waals surface area contributed by atoms with Crippen LogP contribution in [-0.2, 0) is 0 Å². The summed E-state index contributed by atoms with van der Waals surface area (Å²) in [4.78, 5) is 5.14. The first-order valence-corrected chi connectivity index (χ1v) is 6.40. The lowest BCUT2D eigenvalue weighted by molar-refractivity contribution is 0.486. The number of nitrogens with one attached hydrogen (secondary N) is 1. The lowest BCUT2D eigenvalue weighted by Crippen LogP contribution is -2.37. The lowest BCUT2D eigenvalue weighted by Gasteiger charge is -2.34. The number of halogens is 2. The van der Waals surface area contributed by atoms with E-state index in [0.29, 0.717) is 6.04 Å². The van der Waals surface area contributed by atoms with Crippen molar-refractivity contribution in [1.82, 2.24) is 4.98 Å². The molecule has 4 heteroatoms. The third-order valence-electron chi connectivity index (χ3n) is 3.84. The summed E-state index contributed by atoms with van der Waals surface area (Å²) in [7, 11) is 0. The SMILES string of the molecule is C[C@H]1CCCCN1c1c[nH]c2c(F)c(F)ccc12. The Morgan fingerprint density at radius 2 is 2.11 bits per heavy atom. The monoisotopic (exact) mass is 250 g/mol. The van der Waals surface area contributed by atoms with Gasteiger partial charge in [0.1, 0.15) is 0 Å². The molecule has 0 unspecified atom stereocenters. The number of hydrogen-bond acceptors (Lipinski definition) is 1. The fraction of sp³-hybridized carbons (Fsp3) is 0.429. The third-order valence-corrected chi connectivity index (χ3v) is 3.84. The Morgan fingerprint density at radius 1 is 1.28 bits per heavy atom. The van der Waals surface area contributed by atoms with Crippen molar-refractivity contribution in [3.8, 4) is 0 Å². The number of aromatic nitrogens is 1. The highest BCUT2D eigenvalue weighted by molar-refractivity contribution is 5.93. The molecule has 0 saturated carbocycles. The molecule has 1 aliphatic heterocycles. The Hall–Kier alpha value is -1.58. The van der Waals surface area contributed by atoms with E-state index in [1.807, 2.05) is 0 Å². The van der Waals surface area contributed by atoms with Gasteiger partial charge in [-0.2, -0.15) is 0 Å². The van der Waals surface area contributed by atoms with Gasteiger partial charge in [-0.3, -0.25) is 0 Å². The molecular weight excluding hydrogens is 234 g/mol. The average Bonchev–Trinajstić information content (AvgIpc) is 2.79. The van der Waals surface area contributed by atoms with Crippen molar-refractivity contribution in [3.05, 3.63) is 30.0 Å². The molecule has 0 amide bonds. The van der Waals surface area contributed by atoms with E-state index in [4.69, 9.17) is 0 Å². The second-order valence-corrected chi connectivity index (χ2v) is 5.00. The van der Waals surface area contributed by atoms with Gasteiger partial charge in [0.15, 0.2) is 11.6 Å². The van der Waals surface area contributed by atoms with Crippen molar-refractivity contribution in [1.29, 1.82) is 0 Å². The molecule has 0 spiro atoms. The van der Waals surface area contributed by atoms with E-state index < -0.39 is 11.6 Å². The van der Waals surface area contributed by atoms with Crippen molar-refractivity contribution < 1.29 is 8.78 Å². The van der Waals surface area contributed by atoms with Crippen LogP contribution in [-0.4, -0.2) is 17.6 Å². The van der Waals surface area contributed by atoms with Crippen LogP contribution in [0, 0.1) is 11.6 Å². The van der Waals surface area contributed by atoms with Crippen molar-refractivity contribution >= 4 is 16.6 Å². The van der Waals surface area contributed by atoms with Crippen LogP contribution in [0.4, 0.5) is 14.5 Å². The molecule has 0 bridgehead atoms. The van der Waals surface area contributed by atoms with Gasteiger partial charge in [-0.1, -0.05) is 0 Å². The summed E-state index contributed by atoms with van der Waals surface area (Å²) in [6.45, 7) is 3.16. The number of rotatable bonds is 1. The number of fused-ring (bicyclic) bond motifs is 1. The highest BCUT2D eigenvalue weighted by atomic mass is 19.2. The number of H-pyrrole nitrogens is 1.